The van der Waals surface area contributed by atoms with E-state index in [4.69, 9.17) is 23.8 Å². The lowest BCUT2D eigenvalue weighted by molar-refractivity contribution is -0.00462. The van der Waals surface area contributed by atoms with Crippen LogP contribution >= 0.6 is 7.82 Å². The number of hydrogen-bond acceptors (Lipinski definition) is 7. The lowest BCUT2D eigenvalue weighted by Gasteiger charge is -2.09. The third-order valence-electron chi connectivity index (χ3n) is 2.03. The van der Waals surface area contributed by atoms with Crippen molar-refractivity contribution in [1.82, 2.24) is 0 Å². The van der Waals surface area contributed by atoms with Gasteiger partial charge < -0.3 is 23.8 Å². The van der Waals surface area contributed by atoms with E-state index >= 15 is 0 Å². The first-order chi connectivity index (χ1) is 9.62. The standard InChI is InChI=1S/C11H25O8P/c1-3-15-4-5-16-6-7-17-8-9-18-10-11-19-20(12,13)14-2/h3-11H2,1-2H3,(H,12,13). The van der Waals surface area contributed by atoms with Gasteiger partial charge in [-0.3, -0.25) is 9.05 Å². The molecule has 0 aliphatic heterocycles. The molecule has 0 spiro atoms. The Balaban J connectivity index is 3.08. The molecule has 9 heteroatoms. The molecule has 1 N–H and O–H groups in total. The van der Waals surface area contributed by atoms with Gasteiger partial charge in [0.15, 0.2) is 0 Å². The minimum atomic E-state index is -3.89. The normalized spacial score (nSPS) is 14.3. The maximum absolute atomic E-state index is 10.9. The minimum Gasteiger partial charge on any atom is -0.379 e. The van der Waals surface area contributed by atoms with E-state index in [0.29, 0.717) is 46.2 Å². The largest absolute Gasteiger partial charge is 0.471 e. The molecule has 0 aromatic carbocycles. The number of rotatable bonds is 15. The molecular formula is C11H25O8P. The summed E-state index contributed by atoms with van der Waals surface area (Å²) in [7, 11) is -2.79. The molecule has 0 aliphatic carbocycles. The topological polar surface area (TPSA) is 92.7 Å². The molecule has 0 heterocycles. The van der Waals surface area contributed by atoms with Crippen LogP contribution in [0.5, 0.6) is 0 Å². The van der Waals surface area contributed by atoms with Gasteiger partial charge in [-0.05, 0) is 6.92 Å². The highest BCUT2D eigenvalue weighted by molar-refractivity contribution is 7.47. The van der Waals surface area contributed by atoms with Gasteiger partial charge >= 0.3 is 7.82 Å². The van der Waals surface area contributed by atoms with Gasteiger partial charge in [-0.15, -0.1) is 0 Å². The summed E-state index contributed by atoms with van der Waals surface area (Å²) in [5.74, 6) is 0. The summed E-state index contributed by atoms with van der Waals surface area (Å²) in [6, 6.07) is 0. The summed E-state index contributed by atoms with van der Waals surface area (Å²) < 4.78 is 40.4. The van der Waals surface area contributed by atoms with E-state index in [1.54, 1.807) is 0 Å². The first-order valence-electron chi connectivity index (χ1n) is 6.46. The molecule has 1 unspecified atom stereocenters. The predicted molar refractivity (Wildman–Crippen MR) is 71.7 cm³/mol. The molecule has 0 bridgehead atoms. The van der Waals surface area contributed by atoms with Gasteiger partial charge in [0, 0.05) is 13.7 Å². The Labute approximate surface area is 119 Å². The van der Waals surface area contributed by atoms with Crippen LogP contribution in [0.3, 0.4) is 0 Å². The smallest absolute Gasteiger partial charge is 0.379 e. The van der Waals surface area contributed by atoms with E-state index in [2.05, 4.69) is 9.05 Å². The molecule has 1 atom stereocenters. The summed E-state index contributed by atoms with van der Waals surface area (Å²) in [5, 5.41) is 0. The average molecular weight is 316 g/mol. The molecule has 0 rings (SSSR count). The molecule has 20 heavy (non-hydrogen) atoms. The second-order valence-corrected chi connectivity index (χ2v) is 5.08. The fourth-order valence-corrected chi connectivity index (χ4v) is 1.48. The molecule has 0 aromatic heterocycles. The molecule has 0 saturated carbocycles. The van der Waals surface area contributed by atoms with E-state index in [1.807, 2.05) is 6.92 Å². The highest BCUT2D eigenvalue weighted by Gasteiger charge is 2.17. The van der Waals surface area contributed by atoms with Crippen molar-refractivity contribution in [3.05, 3.63) is 0 Å². The highest BCUT2D eigenvalue weighted by Crippen LogP contribution is 2.41. The van der Waals surface area contributed by atoms with E-state index in [9.17, 15) is 4.57 Å². The molecule has 0 saturated heterocycles. The summed E-state index contributed by atoms with van der Waals surface area (Å²) >= 11 is 0. The zero-order chi connectivity index (χ0) is 15.1. The average Bonchev–Trinajstić information content (AvgIpc) is 2.44. The van der Waals surface area contributed by atoms with Crippen LogP contribution < -0.4 is 0 Å². The second-order valence-electron chi connectivity index (χ2n) is 3.52. The van der Waals surface area contributed by atoms with Crippen LogP contribution in [-0.2, 0) is 32.6 Å². The van der Waals surface area contributed by atoms with Crippen molar-refractivity contribution in [1.29, 1.82) is 0 Å². The maximum atomic E-state index is 10.9. The monoisotopic (exact) mass is 316 g/mol. The highest BCUT2D eigenvalue weighted by atomic mass is 31.2. The first kappa shape index (κ1) is 19.9. The second kappa shape index (κ2) is 13.9. The van der Waals surface area contributed by atoms with Crippen LogP contribution in [0.2, 0.25) is 0 Å². The van der Waals surface area contributed by atoms with E-state index in [1.165, 1.54) is 0 Å². The van der Waals surface area contributed by atoms with E-state index < -0.39 is 7.82 Å². The summed E-state index contributed by atoms with van der Waals surface area (Å²) in [6.45, 7) is 5.77. The minimum absolute atomic E-state index is 0.0117. The van der Waals surface area contributed by atoms with Gasteiger partial charge in [-0.1, -0.05) is 0 Å². The van der Waals surface area contributed by atoms with Crippen LogP contribution in [0.15, 0.2) is 0 Å². The van der Waals surface area contributed by atoms with E-state index in [0.717, 1.165) is 7.11 Å². The van der Waals surface area contributed by atoms with Crippen LogP contribution in [0, 0.1) is 0 Å². The van der Waals surface area contributed by atoms with Crippen molar-refractivity contribution in [3.8, 4) is 0 Å². The molecule has 122 valence electrons. The molecule has 0 radical (unpaired) electrons. The Hall–Kier alpha value is -0.0500. The summed E-state index contributed by atoms with van der Waals surface area (Å²) in [4.78, 5) is 8.91. The van der Waals surface area contributed by atoms with Crippen LogP contribution in [0.4, 0.5) is 0 Å². The quantitative estimate of drug-likeness (QED) is 0.351. The lowest BCUT2D eigenvalue weighted by atomic mass is 10.7. The van der Waals surface area contributed by atoms with Gasteiger partial charge in [-0.2, -0.15) is 0 Å². The molecule has 0 aliphatic rings. The Morgan fingerprint density at radius 2 is 1.20 bits per heavy atom. The van der Waals surface area contributed by atoms with Crippen LogP contribution in [-0.4, -0.2) is 71.5 Å². The van der Waals surface area contributed by atoms with Crippen LogP contribution in [0.25, 0.3) is 0 Å². The van der Waals surface area contributed by atoms with Gasteiger partial charge in [0.1, 0.15) is 0 Å². The van der Waals surface area contributed by atoms with Crippen molar-refractivity contribution >= 4 is 7.82 Å². The Kier molecular flexibility index (Phi) is 13.9. The van der Waals surface area contributed by atoms with Gasteiger partial charge in [-0.25, -0.2) is 4.57 Å². The zero-order valence-electron chi connectivity index (χ0n) is 12.1. The van der Waals surface area contributed by atoms with Crippen LogP contribution in [0.1, 0.15) is 6.92 Å². The van der Waals surface area contributed by atoms with Crippen molar-refractivity contribution in [2.24, 2.45) is 0 Å². The Morgan fingerprint density at radius 3 is 1.60 bits per heavy atom. The first-order valence-corrected chi connectivity index (χ1v) is 7.96. The predicted octanol–water partition coefficient (Wildman–Crippen LogP) is 0.836. The number of phosphoric ester groups is 1. The van der Waals surface area contributed by atoms with E-state index in [-0.39, 0.29) is 13.2 Å². The molecule has 0 aromatic rings. The Bertz CT molecular complexity index is 251. The fraction of sp³-hybridized carbons (Fsp3) is 1.00. The molecule has 0 fully saturated rings. The fourth-order valence-electron chi connectivity index (χ4n) is 1.07. The van der Waals surface area contributed by atoms with Crippen molar-refractivity contribution in [3.63, 3.8) is 0 Å². The lowest BCUT2D eigenvalue weighted by Crippen LogP contribution is -2.13. The Morgan fingerprint density at radius 1 is 0.800 bits per heavy atom. The van der Waals surface area contributed by atoms with Gasteiger partial charge in [0.25, 0.3) is 0 Å². The van der Waals surface area contributed by atoms with Crippen molar-refractivity contribution in [2.75, 3.05) is 66.6 Å². The summed E-state index contributed by atoms with van der Waals surface area (Å²) in [6.07, 6.45) is 0. The molecule has 0 amide bonds. The summed E-state index contributed by atoms with van der Waals surface area (Å²) in [5.41, 5.74) is 0. The van der Waals surface area contributed by atoms with Crippen molar-refractivity contribution in [2.45, 2.75) is 6.92 Å². The SMILES string of the molecule is CCOCCOCCOCCOCCOP(=O)(O)OC. The number of hydrogen-bond donors (Lipinski definition) is 1. The molecular weight excluding hydrogens is 291 g/mol. The zero-order valence-corrected chi connectivity index (χ0v) is 13.0. The maximum Gasteiger partial charge on any atom is 0.471 e. The van der Waals surface area contributed by atoms with Gasteiger partial charge in [0.2, 0.25) is 0 Å². The van der Waals surface area contributed by atoms with Gasteiger partial charge in [0.05, 0.1) is 52.9 Å². The third-order valence-corrected chi connectivity index (χ3v) is 3.00. The third kappa shape index (κ3) is 14.4. The molecule has 8 nitrogen and oxygen atoms in total. The number of phosphoric acid groups is 1. The van der Waals surface area contributed by atoms with Crippen molar-refractivity contribution < 1.29 is 37.5 Å². The number of ether oxygens (including phenoxy) is 4.